The van der Waals surface area contributed by atoms with Gasteiger partial charge in [0.1, 0.15) is 0 Å². The van der Waals surface area contributed by atoms with Crippen molar-refractivity contribution in [3.63, 3.8) is 0 Å². The molecule has 6 nitrogen and oxygen atoms in total. The Hall–Kier alpha value is -2.22. The first kappa shape index (κ1) is 21.1. The molecule has 0 bridgehead atoms. The molecule has 27 heavy (non-hydrogen) atoms. The van der Waals surface area contributed by atoms with Gasteiger partial charge in [0.05, 0.1) is 4.90 Å². The second kappa shape index (κ2) is 8.65. The van der Waals surface area contributed by atoms with Gasteiger partial charge in [-0.25, -0.2) is 12.7 Å². The van der Waals surface area contributed by atoms with Crippen LogP contribution in [-0.4, -0.2) is 38.5 Å². The zero-order valence-corrected chi connectivity index (χ0v) is 16.9. The van der Waals surface area contributed by atoms with Crippen LogP contribution in [0.4, 0.5) is 5.69 Å². The van der Waals surface area contributed by atoms with E-state index in [0.717, 1.165) is 4.31 Å². The SMILES string of the molecule is Cc1ccc(NC(=O)CCC(=O)c2ccc(Cl)cc2)cc1S(=O)(=O)N(C)C. The van der Waals surface area contributed by atoms with E-state index in [-0.39, 0.29) is 29.4 Å². The topological polar surface area (TPSA) is 83.5 Å². The quantitative estimate of drug-likeness (QED) is 0.710. The summed E-state index contributed by atoms with van der Waals surface area (Å²) in [5.41, 5.74) is 1.44. The maximum Gasteiger partial charge on any atom is 0.242 e. The van der Waals surface area contributed by atoms with E-state index >= 15 is 0 Å². The number of Topliss-reactive ketones (excluding diaryl/α,β-unsaturated/α-hetero) is 1. The van der Waals surface area contributed by atoms with Gasteiger partial charge < -0.3 is 5.32 Å². The number of benzene rings is 2. The summed E-state index contributed by atoms with van der Waals surface area (Å²) < 4.78 is 25.8. The Bertz CT molecular complexity index is 954. The maximum atomic E-state index is 12.3. The van der Waals surface area contributed by atoms with Crippen LogP contribution < -0.4 is 5.32 Å². The third-order valence-electron chi connectivity index (χ3n) is 3.98. The highest BCUT2D eigenvalue weighted by Gasteiger charge is 2.20. The number of hydrogen-bond acceptors (Lipinski definition) is 4. The zero-order chi connectivity index (χ0) is 20.2. The van der Waals surface area contributed by atoms with Gasteiger partial charge in [-0.05, 0) is 48.9 Å². The third-order valence-corrected chi connectivity index (χ3v) is 6.18. The Morgan fingerprint density at radius 3 is 2.26 bits per heavy atom. The summed E-state index contributed by atoms with van der Waals surface area (Å²) in [4.78, 5) is 24.4. The highest BCUT2D eigenvalue weighted by molar-refractivity contribution is 7.89. The summed E-state index contributed by atoms with van der Waals surface area (Å²) in [6.45, 7) is 1.69. The number of nitrogens with zero attached hydrogens (tertiary/aromatic N) is 1. The number of amides is 1. The number of carbonyl (C=O) groups is 2. The Kier molecular flexibility index (Phi) is 6.75. The van der Waals surface area contributed by atoms with Crippen LogP contribution >= 0.6 is 11.6 Å². The van der Waals surface area contributed by atoms with Crippen LogP contribution in [0.3, 0.4) is 0 Å². The molecule has 1 amide bonds. The number of ketones is 1. The van der Waals surface area contributed by atoms with Crippen molar-refractivity contribution in [3.8, 4) is 0 Å². The van der Waals surface area contributed by atoms with Gasteiger partial charge in [0.25, 0.3) is 0 Å². The number of carbonyl (C=O) groups excluding carboxylic acids is 2. The van der Waals surface area contributed by atoms with Gasteiger partial charge in [-0.15, -0.1) is 0 Å². The molecule has 2 aromatic carbocycles. The van der Waals surface area contributed by atoms with Crippen molar-refractivity contribution < 1.29 is 18.0 Å². The number of hydrogen-bond donors (Lipinski definition) is 1. The highest BCUT2D eigenvalue weighted by atomic mass is 35.5. The molecule has 0 aliphatic carbocycles. The molecular formula is C19H21ClN2O4S. The number of aryl methyl sites for hydroxylation is 1. The van der Waals surface area contributed by atoms with Crippen LogP contribution in [0.2, 0.25) is 5.02 Å². The minimum absolute atomic E-state index is 0.00883. The van der Waals surface area contributed by atoms with Gasteiger partial charge in [0.2, 0.25) is 15.9 Å². The smallest absolute Gasteiger partial charge is 0.242 e. The molecule has 144 valence electrons. The van der Waals surface area contributed by atoms with E-state index in [0.29, 0.717) is 21.8 Å². The summed E-state index contributed by atoms with van der Waals surface area (Å²) in [7, 11) is -0.720. The predicted octanol–water partition coefficient (Wildman–Crippen LogP) is 3.50. The van der Waals surface area contributed by atoms with Crippen molar-refractivity contribution in [1.29, 1.82) is 0 Å². The first-order chi connectivity index (χ1) is 12.6. The van der Waals surface area contributed by atoms with E-state index in [1.165, 1.54) is 20.2 Å². The van der Waals surface area contributed by atoms with Gasteiger partial charge in [0.15, 0.2) is 5.78 Å². The molecular weight excluding hydrogens is 388 g/mol. The Labute approximate surface area is 164 Å². The van der Waals surface area contributed by atoms with Crippen LogP contribution in [0.25, 0.3) is 0 Å². The molecule has 0 atom stereocenters. The summed E-state index contributed by atoms with van der Waals surface area (Å²) in [6, 6.07) is 11.1. The first-order valence-electron chi connectivity index (χ1n) is 8.23. The number of halogens is 1. The van der Waals surface area contributed by atoms with Crippen LogP contribution in [0.1, 0.15) is 28.8 Å². The summed E-state index contributed by atoms with van der Waals surface area (Å²) in [5, 5.41) is 3.18. The third kappa shape index (κ3) is 5.38. The molecule has 0 saturated carbocycles. The average molecular weight is 409 g/mol. The second-order valence-corrected chi connectivity index (χ2v) is 8.80. The maximum absolute atomic E-state index is 12.3. The molecule has 1 N–H and O–H groups in total. The van der Waals surface area contributed by atoms with Crippen molar-refractivity contribution in [1.82, 2.24) is 4.31 Å². The van der Waals surface area contributed by atoms with Crippen LogP contribution in [0.15, 0.2) is 47.4 Å². The largest absolute Gasteiger partial charge is 0.326 e. The van der Waals surface area contributed by atoms with Crippen molar-refractivity contribution in [3.05, 3.63) is 58.6 Å². The lowest BCUT2D eigenvalue weighted by Crippen LogP contribution is -2.23. The fourth-order valence-corrected chi connectivity index (χ4v) is 3.65. The summed E-state index contributed by atoms with van der Waals surface area (Å²) in [6.07, 6.45) is 0.0350. The van der Waals surface area contributed by atoms with E-state index < -0.39 is 10.0 Å². The van der Waals surface area contributed by atoms with Gasteiger partial charge in [-0.3, -0.25) is 9.59 Å². The van der Waals surface area contributed by atoms with Crippen molar-refractivity contribution in [2.24, 2.45) is 0 Å². The number of rotatable bonds is 7. The minimum atomic E-state index is -3.61. The van der Waals surface area contributed by atoms with E-state index in [4.69, 9.17) is 11.6 Å². The molecule has 0 radical (unpaired) electrons. The van der Waals surface area contributed by atoms with Crippen LogP contribution in [-0.2, 0) is 14.8 Å². The molecule has 0 aromatic heterocycles. The fraction of sp³-hybridized carbons (Fsp3) is 0.263. The molecule has 0 aliphatic heterocycles. The molecule has 2 rings (SSSR count). The standard InChI is InChI=1S/C19H21ClN2O4S/c1-13-4-9-16(12-18(13)27(25,26)22(2)3)21-19(24)11-10-17(23)14-5-7-15(20)8-6-14/h4-9,12H,10-11H2,1-3H3,(H,21,24). The van der Waals surface area contributed by atoms with Crippen LogP contribution in [0.5, 0.6) is 0 Å². The Balaban J connectivity index is 2.04. The number of sulfonamides is 1. The number of nitrogens with one attached hydrogen (secondary N) is 1. The van der Waals surface area contributed by atoms with E-state index in [2.05, 4.69) is 5.32 Å². The lowest BCUT2D eigenvalue weighted by atomic mass is 10.1. The van der Waals surface area contributed by atoms with Crippen molar-refractivity contribution in [2.45, 2.75) is 24.7 Å². The predicted molar refractivity (Wildman–Crippen MR) is 106 cm³/mol. The van der Waals surface area contributed by atoms with Crippen molar-refractivity contribution >= 4 is 39.0 Å². The lowest BCUT2D eigenvalue weighted by Gasteiger charge is -2.15. The normalized spacial score (nSPS) is 11.4. The van der Waals surface area contributed by atoms with Crippen LogP contribution in [0, 0.1) is 6.92 Å². The van der Waals surface area contributed by atoms with Crippen molar-refractivity contribution in [2.75, 3.05) is 19.4 Å². The Morgan fingerprint density at radius 2 is 1.67 bits per heavy atom. The van der Waals surface area contributed by atoms with E-state index in [1.807, 2.05) is 0 Å². The minimum Gasteiger partial charge on any atom is -0.326 e. The van der Waals surface area contributed by atoms with Gasteiger partial charge in [-0.2, -0.15) is 0 Å². The zero-order valence-electron chi connectivity index (χ0n) is 15.3. The lowest BCUT2D eigenvalue weighted by molar-refractivity contribution is -0.116. The van der Waals surface area contributed by atoms with E-state index in [1.54, 1.807) is 43.3 Å². The van der Waals surface area contributed by atoms with E-state index in [9.17, 15) is 18.0 Å². The first-order valence-corrected chi connectivity index (χ1v) is 10.0. The molecule has 0 fully saturated rings. The molecule has 0 heterocycles. The Morgan fingerprint density at radius 1 is 1.04 bits per heavy atom. The highest BCUT2D eigenvalue weighted by Crippen LogP contribution is 2.22. The number of anilines is 1. The summed E-state index contributed by atoms with van der Waals surface area (Å²) in [5.74, 6) is -0.532. The van der Waals surface area contributed by atoms with Gasteiger partial charge in [-0.1, -0.05) is 17.7 Å². The monoisotopic (exact) mass is 408 g/mol. The second-order valence-electron chi connectivity index (χ2n) is 6.25. The average Bonchev–Trinajstić information content (AvgIpc) is 2.61. The van der Waals surface area contributed by atoms with Gasteiger partial charge >= 0.3 is 0 Å². The molecule has 0 saturated heterocycles. The van der Waals surface area contributed by atoms with Gasteiger partial charge in [0, 0.05) is 43.2 Å². The molecule has 0 aliphatic rings. The molecule has 0 spiro atoms. The summed E-state index contributed by atoms with van der Waals surface area (Å²) >= 11 is 5.79. The molecule has 8 heteroatoms. The fourth-order valence-electron chi connectivity index (χ4n) is 2.38. The molecule has 0 unspecified atom stereocenters. The molecule has 2 aromatic rings.